The normalized spacial score (nSPS) is 14.6. The Kier molecular flexibility index (Phi) is 6.24. The van der Waals surface area contributed by atoms with Crippen molar-refractivity contribution >= 4 is 38.9 Å². The first-order valence-electron chi connectivity index (χ1n) is 9.12. The first-order chi connectivity index (χ1) is 13.7. The van der Waals surface area contributed by atoms with Crippen LogP contribution in [0.3, 0.4) is 0 Å². The Bertz CT molecular complexity index is 987. The van der Waals surface area contributed by atoms with Gasteiger partial charge in [-0.15, -0.1) is 0 Å². The second kappa shape index (κ2) is 8.51. The van der Waals surface area contributed by atoms with E-state index in [0.717, 1.165) is 22.0 Å². The molecule has 7 nitrogen and oxygen atoms in total. The van der Waals surface area contributed by atoms with Crippen LogP contribution in [0.5, 0.6) is 5.75 Å². The first kappa shape index (κ1) is 21.3. The number of hydrogen-bond donors (Lipinski definition) is 0. The number of hydrogen-bond acceptors (Lipinski definition) is 5. The highest BCUT2D eigenvalue weighted by Gasteiger charge is 2.24. The van der Waals surface area contributed by atoms with Crippen LogP contribution in [0.25, 0.3) is 0 Å². The minimum atomic E-state index is -3.48. The number of amides is 1. The average molecular weight is 438 g/mol. The fourth-order valence-corrected chi connectivity index (χ4v) is 4.01. The molecule has 0 aromatic heterocycles. The van der Waals surface area contributed by atoms with Crippen LogP contribution in [0.1, 0.15) is 10.4 Å². The van der Waals surface area contributed by atoms with Crippen LogP contribution >= 0.6 is 11.6 Å². The molecular weight excluding hydrogens is 414 g/mol. The zero-order chi connectivity index (χ0) is 21.2. The number of nitrogens with zero attached hydrogens (tertiary/aromatic N) is 3. The zero-order valence-corrected chi connectivity index (χ0v) is 18.2. The van der Waals surface area contributed by atoms with E-state index in [-0.39, 0.29) is 16.6 Å². The molecular formula is C20H24ClN3O4S. The summed E-state index contributed by atoms with van der Waals surface area (Å²) in [6.45, 7) is 2.57. The molecule has 1 amide bonds. The van der Waals surface area contributed by atoms with Crippen molar-refractivity contribution in [2.24, 2.45) is 0 Å². The number of sulfonamides is 1. The van der Waals surface area contributed by atoms with Crippen LogP contribution in [0.2, 0.25) is 5.02 Å². The van der Waals surface area contributed by atoms with Crippen molar-refractivity contribution in [3.8, 4) is 5.75 Å². The number of piperazine rings is 1. The quantitative estimate of drug-likeness (QED) is 0.719. The molecule has 29 heavy (non-hydrogen) atoms. The molecule has 2 aromatic carbocycles. The monoisotopic (exact) mass is 437 g/mol. The molecule has 0 radical (unpaired) electrons. The third kappa shape index (κ3) is 4.76. The molecule has 0 aliphatic carbocycles. The van der Waals surface area contributed by atoms with Gasteiger partial charge in [-0.3, -0.25) is 9.10 Å². The maximum Gasteiger partial charge on any atom is 0.254 e. The number of ether oxygens (including phenoxy) is 1. The molecule has 0 unspecified atom stereocenters. The van der Waals surface area contributed by atoms with Crippen molar-refractivity contribution in [3.63, 3.8) is 0 Å². The zero-order valence-electron chi connectivity index (χ0n) is 16.6. The lowest BCUT2D eigenvalue weighted by molar-refractivity contribution is 0.0747. The summed E-state index contributed by atoms with van der Waals surface area (Å²) < 4.78 is 29.9. The van der Waals surface area contributed by atoms with E-state index in [4.69, 9.17) is 16.3 Å². The lowest BCUT2D eigenvalue weighted by Crippen LogP contribution is -2.48. The fourth-order valence-electron chi connectivity index (χ4n) is 3.21. The van der Waals surface area contributed by atoms with E-state index < -0.39 is 10.0 Å². The van der Waals surface area contributed by atoms with E-state index in [9.17, 15) is 13.2 Å². The third-order valence-corrected chi connectivity index (χ3v) is 6.55. The number of carbonyl (C=O) groups excluding carboxylic acids is 1. The number of halogens is 1. The fraction of sp³-hybridized carbons (Fsp3) is 0.350. The molecule has 3 rings (SSSR count). The van der Waals surface area contributed by atoms with Crippen molar-refractivity contribution in [3.05, 3.63) is 53.1 Å². The summed E-state index contributed by atoms with van der Waals surface area (Å²) >= 11 is 6.15. The van der Waals surface area contributed by atoms with Gasteiger partial charge in [0.2, 0.25) is 10.0 Å². The smallest absolute Gasteiger partial charge is 0.254 e. The maximum atomic E-state index is 12.9. The molecule has 1 saturated heterocycles. The van der Waals surface area contributed by atoms with E-state index in [1.165, 1.54) is 13.1 Å². The SMILES string of the molecule is COc1ccc(N2CCN(C(=O)c3ccc(Cl)c(N(C)S(C)(=O)=O)c3)CC2)cc1. The van der Waals surface area contributed by atoms with Crippen molar-refractivity contribution in [1.29, 1.82) is 0 Å². The van der Waals surface area contributed by atoms with Crippen molar-refractivity contribution < 1.29 is 17.9 Å². The number of benzene rings is 2. The van der Waals surface area contributed by atoms with E-state index in [1.54, 1.807) is 24.1 Å². The highest BCUT2D eigenvalue weighted by atomic mass is 35.5. The lowest BCUT2D eigenvalue weighted by atomic mass is 10.1. The van der Waals surface area contributed by atoms with Crippen LogP contribution in [-0.2, 0) is 10.0 Å². The summed E-state index contributed by atoms with van der Waals surface area (Å²) in [6, 6.07) is 12.5. The topological polar surface area (TPSA) is 70.2 Å². The minimum Gasteiger partial charge on any atom is -0.497 e. The highest BCUT2D eigenvalue weighted by molar-refractivity contribution is 7.92. The van der Waals surface area contributed by atoms with Crippen LogP contribution in [0.15, 0.2) is 42.5 Å². The van der Waals surface area contributed by atoms with Gasteiger partial charge >= 0.3 is 0 Å². The molecule has 1 heterocycles. The summed E-state index contributed by atoms with van der Waals surface area (Å²) in [4.78, 5) is 16.9. The Balaban J connectivity index is 1.70. The maximum absolute atomic E-state index is 12.9. The second-order valence-electron chi connectivity index (χ2n) is 6.87. The van der Waals surface area contributed by atoms with Gasteiger partial charge in [-0.05, 0) is 42.5 Å². The first-order valence-corrected chi connectivity index (χ1v) is 11.3. The number of anilines is 2. The number of methoxy groups -OCH3 is 1. The minimum absolute atomic E-state index is 0.140. The Morgan fingerprint density at radius 3 is 2.24 bits per heavy atom. The van der Waals surface area contributed by atoms with Crippen molar-refractivity contribution in [1.82, 2.24) is 4.90 Å². The van der Waals surface area contributed by atoms with Gasteiger partial charge in [-0.1, -0.05) is 11.6 Å². The number of rotatable bonds is 5. The highest BCUT2D eigenvalue weighted by Crippen LogP contribution is 2.28. The molecule has 1 fully saturated rings. The summed E-state index contributed by atoms with van der Waals surface area (Å²) in [5, 5.41) is 0.277. The van der Waals surface area contributed by atoms with Gasteiger partial charge in [0.15, 0.2) is 0 Å². The molecule has 0 N–H and O–H groups in total. The van der Waals surface area contributed by atoms with E-state index in [2.05, 4.69) is 4.90 Å². The van der Waals surface area contributed by atoms with Gasteiger partial charge in [0.05, 0.1) is 24.1 Å². The lowest BCUT2D eigenvalue weighted by Gasteiger charge is -2.36. The van der Waals surface area contributed by atoms with Gasteiger partial charge in [0, 0.05) is 44.5 Å². The van der Waals surface area contributed by atoms with Gasteiger partial charge in [-0.2, -0.15) is 0 Å². The van der Waals surface area contributed by atoms with Gasteiger partial charge in [-0.25, -0.2) is 8.42 Å². The van der Waals surface area contributed by atoms with Crippen LogP contribution in [0.4, 0.5) is 11.4 Å². The largest absolute Gasteiger partial charge is 0.497 e. The third-order valence-electron chi connectivity index (χ3n) is 5.03. The molecule has 0 spiro atoms. The molecule has 2 aromatic rings. The molecule has 1 aliphatic heterocycles. The van der Waals surface area contributed by atoms with Crippen LogP contribution in [0, 0.1) is 0 Å². The average Bonchev–Trinajstić information content (AvgIpc) is 2.72. The van der Waals surface area contributed by atoms with E-state index in [1.807, 2.05) is 24.3 Å². The summed E-state index contributed by atoms with van der Waals surface area (Å²) in [5.74, 6) is 0.666. The van der Waals surface area contributed by atoms with Gasteiger partial charge in [0.1, 0.15) is 5.75 Å². The van der Waals surface area contributed by atoms with Crippen LogP contribution in [-0.4, -0.2) is 65.8 Å². The molecule has 156 valence electrons. The van der Waals surface area contributed by atoms with Gasteiger partial charge in [0.25, 0.3) is 5.91 Å². The second-order valence-corrected chi connectivity index (χ2v) is 9.29. The van der Waals surface area contributed by atoms with Crippen LogP contribution < -0.4 is 13.9 Å². The number of carbonyl (C=O) groups is 1. The Morgan fingerprint density at radius 2 is 1.69 bits per heavy atom. The predicted octanol–water partition coefficient (Wildman–Crippen LogP) is 2.71. The molecule has 0 bridgehead atoms. The summed E-state index contributed by atoms with van der Waals surface area (Å²) in [6.07, 6.45) is 1.09. The Hall–Kier alpha value is -2.45. The molecule has 0 saturated carbocycles. The Labute approximate surface area is 176 Å². The van der Waals surface area contributed by atoms with E-state index >= 15 is 0 Å². The molecule has 0 atom stereocenters. The van der Waals surface area contributed by atoms with Crippen molar-refractivity contribution in [2.75, 3.05) is 55.8 Å². The summed E-state index contributed by atoms with van der Waals surface area (Å²) in [7, 11) is -0.431. The van der Waals surface area contributed by atoms with Gasteiger partial charge < -0.3 is 14.5 Å². The molecule has 1 aliphatic rings. The van der Waals surface area contributed by atoms with E-state index in [0.29, 0.717) is 31.7 Å². The summed E-state index contributed by atoms with van der Waals surface area (Å²) in [5.41, 5.74) is 1.79. The van der Waals surface area contributed by atoms with Crippen molar-refractivity contribution in [2.45, 2.75) is 0 Å². The standard InChI is InChI=1S/C20H24ClN3O4S/c1-22(29(3,26)27)19-14-15(4-9-18(19)21)20(25)24-12-10-23(11-13-24)16-5-7-17(28-2)8-6-16/h4-9,14H,10-13H2,1-3H3. The predicted molar refractivity (Wildman–Crippen MR) is 116 cm³/mol. The Morgan fingerprint density at radius 1 is 1.07 bits per heavy atom. The molecule has 9 heteroatoms.